The summed E-state index contributed by atoms with van der Waals surface area (Å²) in [5, 5.41) is 2.45. The third-order valence-corrected chi connectivity index (χ3v) is 9.43. The molecule has 0 fully saturated rings. The van der Waals surface area contributed by atoms with E-state index in [9.17, 15) is 0 Å². The number of rotatable bonds is 6. The van der Waals surface area contributed by atoms with Gasteiger partial charge >= 0.3 is 6.69 Å². The van der Waals surface area contributed by atoms with Crippen LogP contribution in [0.5, 0.6) is 0 Å². The van der Waals surface area contributed by atoms with E-state index in [0.29, 0.717) is 0 Å². The first-order chi connectivity index (χ1) is 11.0. The fourth-order valence-corrected chi connectivity index (χ4v) is 9.23. The molecule has 0 radical (unpaired) electrons. The molecule has 0 saturated carbocycles. The summed E-state index contributed by atoms with van der Waals surface area (Å²) in [6, 6.07) is 13.0. The molecule has 0 saturated heterocycles. The van der Waals surface area contributed by atoms with Crippen LogP contribution in [0, 0.1) is 0 Å². The molecule has 0 unspecified atom stereocenters. The van der Waals surface area contributed by atoms with Crippen LogP contribution >= 0.6 is 22.2 Å². The van der Waals surface area contributed by atoms with Crippen LogP contribution in [0.2, 0.25) is 0 Å². The molecule has 2 aromatic carbocycles. The zero-order valence-electron chi connectivity index (χ0n) is 14.5. The largest absolute Gasteiger partial charge is 0.311 e. The second-order valence-corrected chi connectivity index (χ2v) is 12.0. The number of aryl methyl sites for hydroxylation is 4. The van der Waals surface area contributed by atoms with Crippen LogP contribution in [-0.4, -0.2) is 6.69 Å². The van der Waals surface area contributed by atoms with E-state index in [4.69, 9.17) is 22.2 Å². The van der Waals surface area contributed by atoms with Crippen LogP contribution in [0.3, 0.4) is 0 Å². The Morgan fingerprint density at radius 3 is 1.09 bits per heavy atom. The Morgan fingerprint density at radius 2 is 0.870 bits per heavy atom. The molecule has 0 bridgehead atoms. The van der Waals surface area contributed by atoms with Crippen molar-refractivity contribution in [2.24, 2.45) is 0 Å². The predicted octanol–water partition coefficient (Wildman–Crippen LogP) is 4.97. The SMILES string of the molecule is CCc1cccc(CC)c1[Si](Cl)(Cl)c1c(CC)cccc1CC. The average molecular weight is 365 g/mol. The smallest absolute Gasteiger partial charge is 0.134 e. The molecule has 23 heavy (non-hydrogen) atoms. The first-order valence-corrected chi connectivity index (χ1v) is 12.6. The van der Waals surface area contributed by atoms with Crippen molar-refractivity contribution in [3.05, 3.63) is 58.7 Å². The molecule has 124 valence electrons. The molecule has 0 N–H and O–H groups in total. The zero-order valence-corrected chi connectivity index (χ0v) is 17.1. The standard InChI is InChI=1S/C20H26Cl2Si/c1-5-15-11-9-12-16(6-2)19(15)23(21,22)20-17(7-3)13-10-14-18(20)8-4/h9-14H,5-8H2,1-4H3. The number of hydrogen-bond acceptors (Lipinski definition) is 0. The van der Waals surface area contributed by atoms with E-state index < -0.39 is 6.69 Å². The molecule has 0 atom stereocenters. The highest BCUT2D eigenvalue weighted by atomic mass is 35.7. The topological polar surface area (TPSA) is 0 Å². The van der Waals surface area contributed by atoms with Gasteiger partial charge in [-0.05, 0) is 58.3 Å². The lowest BCUT2D eigenvalue weighted by Crippen LogP contribution is -2.54. The molecule has 2 rings (SSSR count). The molecule has 0 nitrogen and oxygen atoms in total. The Morgan fingerprint density at radius 1 is 0.609 bits per heavy atom. The van der Waals surface area contributed by atoms with Crippen LogP contribution < -0.4 is 10.4 Å². The normalized spacial score (nSPS) is 11.7. The maximum atomic E-state index is 7.23. The van der Waals surface area contributed by atoms with Gasteiger partial charge < -0.3 is 0 Å². The third-order valence-electron chi connectivity index (χ3n) is 4.63. The minimum atomic E-state index is -2.77. The maximum Gasteiger partial charge on any atom is 0.311 e. The Hall–Kier alpha value is -0.763. The highest BCUT2D eigenvalue weighted by molar-refractivity contribution is 7.56. The predicted molar refractivity (Wildman–Crippen MR) is 107 cm³/mol. The fourth-order valence-electron chi connectivity index (χ4n) is 3.42. The van der Waals surface area contributed by atoms with E-state index in [2.05, 4.69) is 64.1 Å². The Bertz CT molecular complexity index is 575. The second kappa shape index (κ2) is 7.87. The summed E-state index contributed by atoms with van der Waals surface area (Å²) >= 11 is 14.5. The van der Waals surface area contributed by atoms with Crippen LogP contribution in [-0.2, 0) is 25.7 Å². The summed E-state index contributed by atoms with van der Waals surface area (Å²) in [7, 11) is 0. The van der Waals surface area contributed by atoms with Gasteiger partial charge in [-0.3, -0.25) is 0 Å². The van der Waals surface area contributed by atoms with Gasteiger partial charge in [0.1, 0.15) is 0 Å². The second-order valence-electron chi connectivity index (χ2n) is 5.89. The maximum absolute atomic E-state index is 7.23. The van der Waals surface area contributed by atoms with Gasteiger partial charge in [-0.15, -0.1) is 22.2 Å². The molecule has 0 aliphatic carbocycles. The molecule has 2 aromatic rings. The van der Waals surface area contributed by atoms with Gasteiger partial charge in [0, 0.05) is 0 Å². The lowest BCUT2D eigenvalue weighted by molar-refractivity contribution is 1.10. The van der Waals surface area contributed by atoms with Gasteiger partial charge in [0.15, 0.2) is 0 Å². The average Bonchev–Trinajstić information content (AvgIpc) is 2.59. The van der Waals surface area contributed by atoms with E-state index in [1.807, 2.05) is 0 Å². The molecule has 0 amide bonds. The van der Waals surface area contributed by atoms with Crippen LogP contribution in [0.15, 0.2) is 36.4 Å². The van der Waals surface area contributed by atoms with E-state index in [-0.39, 0.29) is 0 Å². The number of benzene rings is 2. The fraction of sp³-hybridized carbons (Fsp3) is 0.400. The van der Waals surface area contributed by atoms with Crippen molar-refractivity contribution in [3.63, 3.8) is 0 Å². The van der Waals surface area contributed by atoms with Crippen molar-refractivity contribution in [3.8, 4) is 0 Å². The molecule has 0 aliphatic heterocycles. The van der Waals surface area contributed by atoms with E-state index in [1.165, 1.54) is 32.6 Å². The summed E-state index contributed by atoms with van der Waals surface area (Å²) < 4.78 is 0. The highest BCUT2D eigenvalue weighted by Crippen LogP contribution is 2.24. The Balaban J connectivity index is 2.78. The van der Waals surface area contributed by atoms with Crippen molar-refractivity contribution in [1.29, 1.82) is 0 Å². The summed E-state index contributed by atoms with van der Waals surface area (Å²) in [5.41, 5.74) is 5.20. The Kier molecular flexibility index (Phi) is 6.36. The summed E-state index contributed by atoms with van der Waals surface area (Å²) in [5.74, 6) is 0. The highest BCUT2D eigenvalue weighted by Gasteiger charge is 2.40. The quantitative estimate of drug-likeness (QED) is 0.501. The lowest BCUT2D eigenvalue weighted by Gasteiger charge is -2.28. The van der Waals surface area contributed by atoms with Gasteiger partial charge in [0.25, 0.3) is 0 Å². The van der Waals surface area contributed by atoms with Crippen LogP contribution in [0.4, 0.5) is 0 Å². The molecule has 0 aliphatic rings. The van der Waals surface area contributed by atoms with Gasteiger partial charge in [0.05, 0.1) is 0 Å². The van der Waals surface area contributed by atoms with Crippen molar-refractivity contribution in [2.75, 3.05) is 0 Å². The zero-order chi connectivity index (χ0) is 17.0. The number of hydrogen-bond donors (Lipinski definition) is 0. The van der Waals surface area contributed by atoms with Gasteiger partial charge in [0.2, 0.25) is 0 Å². The van der Waals surface area contributed by atoms with E-state index in [0.717, 1.165) is 25.7 Å². The van der Waals surface area contributed by atoms with Crippen molar-refractivity contribution in [1.82, 2.24) is 0 Å². The van der Waals surface area contributed by atoms with Gasteiger partial charge in [-0.1, -0.05) is 64.1 Å². The lowest BCUT2D eigenvalue weighted by atomic mass is 10.1. The van der Waals surface area contributed by atoms with Crippen molar-refractivity contribution >= 4 is 39.2 Å². The molecular weight excluding hydrogens is 339 g/mol. The monoisotopic (exact) mass is 364 g/mol. The minimum absolute atomic E-state index is 0.965. The molecule has 0 aromatic heterocycles. The van der Waals surface area contributed by atoms with E-state index in [1.54, 1.807) is 0 Å². The van der Waals surface area contributed by atoms with Gasteiger partial charge in [-0.2, -0.15) is 0 Å². The number of halogens is 2. The van der Waals surface area contributed by atoms with E-state index >= 15 is 0 Å². The molecule has 0 heterocycles. The van der Waals surface area contributed by atoms with Gasteiger partial charge in [-0.25, -0.2) is 0 Å². The van der Waals surface area contributed by atoms with Crippen LogP contribution in [0.25, 0.3) is 0 Å². The summed E-state index contributed by atoms with van der Waals surface area (Å²) in [4.78, 5) is 0. The third kappa shape index (κ3) is 3.52. The first-order valence-electron chi connectivity index (χ1n) is 8.61. The summed E-state index contributed by atoms with van der Waals surface area (Å²) in [6.45, 7) is 5.96. The van der Waals surface area contributed by atoms with Crippen molar-refractivity contribution < 1.29 is 0 Å². The molecule has 3 heteroatoms. The summed E-state index contributed by atoms with van der Waals surface area (Å²) in [6.07, 6.45) is 3.86. The first kappa shape index (κ1) is 18.6. The molecule has 0 spiro atoms. The molecular formula is C20H26Cl2Si. The Labute approximate surface area is 151 Å². The van der Waals surface area contributed by atoms with Crippen molar-refractivity contribution in [2.45, 2.75) is 53.4 Å². The van der Waals surface area contributed by atoms with Crippen LogP contribution in [0.1, 0.15) is 49.9 Å². The minimum Gasteiger partial charge on any atom is -0.134 e.